The van der Waals surface area contributed by atoms with E-state index in [1.807, 2.05) is 6.92 Å². The van der Waals surface area contributed by atoms with Gasteiger partial charge in [-0.2, -0.15) is 0 Å². The summed E-state index contributed by atoms with van der Waals surface area (Å²) < 4.78 is 10.3. The van der Waals surface area contributed by atoms with Crippen molar-refractivity contribution in [1.82, 2.24) is 10.2 Å². The number of ether oxygens (including phenoxy) is 2. The summed E-state index contributed by atoms with van der Waals surface area (Å²) in [4.78, 5) is 25.9. The van der Waals surface area contributed by atoms with E-state index in [1.165, 1.54) is 0 Å². The highest BCUT2D eigenvalue weighted by Gasteiger charge is 2.52. The fraction of sp³-hybridized carbons (Fsp3) is 0.857. The van der Waals surface area contributed by atoms with Gasteiger partial charge in [-0.25, -0.2) is 0 Å². The summed E-state index contributed by atoms with van der Waals surface area (Å²) in [6.07, 6.45) is 2.79. The Morgan fingerprint density at radius 1 is 1.30 bits per heavy atom. The molecule has 0 aromatic carbocycles. The molecule has 2 rings (SSSR count). The molecular formula is C14H24N2O4. The Hall–Kier alpha value is -1.14. The van der Waals surface area contributed by atoms with Crippen LogP contribution in [-0.4, -0.2) is 62.3 Å². The number of nitrogens with one attached hydrogen (secondary N) is 1. The fourth-order valence-corrected chi connectivity index (χ4v) is 2.68. The van der Waals surface area contributed by atoms with Crippen molar-refractivity contribution in [3.63, 3.8) is 0 Å². The van der Waals surface area contributed by atoms with Gasteiger partial charge in [0.15, 0.2) is 0 Å². The van der Waals surface area contributed by atoms with E-state index in [1.54, 1.807) is 12.0 Å². The van der Waals surface area contributed by atoms with E-state index in [0.29, 0.717) is 32.3 Å². The molecule has 1 atom stereocenters. The molecule has 1 heterocycles. The van der Waals surface area contributed by atoms with Gasteiger partial charge >= 0.3 is 0 Å². The number of hydrogen-bond acceptors (Lipinski definition) is 4. The van der Waals surface area contributed by atoms with Crippen molar-refractivity contribution in [3.05, 3.63) is 0 Å². The Labute approximate surface area is 119 Å². The van der Waals surface area contributed by atoms with Gasteiger partial charge in [-0.3, -0.25) is 9.59 Å². The van der Waals surface area contributed by atoms with Crippen LogP contribution in [0.3, 0.4) is 0 Å². The molecule has 2 fully saturated rings. The van der Waals surface area contributed by atoms with Crippen molar-refractivity contribution in [3.8, 4) is 0 Å². The van der Waals surface area contributed by atoms with Crippen molar-refractivity contribution in [1.29, 1.82) is 0 Å². The van der Waals surface area contributed by atoms with Gasteiger partial charge in [-0.15, -0.1) is 0 Å². The maximum atomic E-state index is 12.5. The topological polar surface area (TPSA) is 67.9 Å². The lowest BCUT2D eigenvalue weighted by molar-refractivity contribution is -0.150. The van der Waals surface area contributed by atoms with Crippen LogP contribution >= 0.6 is 0 Å². The van der Waals surface area contributed by atoms with Crippen LogP contribution in [0.4, 0.5) is 0 Å². The van der Waals surface area contributed by atoms with Crippen LogP contribution in [0.25, 0.3) is 0 Å². The number of piperazine rings is 1. The van der Waals surface area contributed by atoms with Gasteiger partial charge in [0.25, 0.3) is 0 Å². The molecule has 6 nitrogen and oxygen atoms in total. The Morgan fingerprint density at radius 3 is 2.70 bits per heavy atom. The van der Waals surface area contributed by atoms with E-state index in [-0.39, 0.29) is 18.4 Å². The third-order valence-corrected chi connectivity index (χ3v) is 4.01. The number of amides is 2. The van der Waals surface area contributed by atoms with E-state index in [9.17, 15) is 9.59 Å². The van der Waals surface area contributed by atoms with Crippen molar-refractivity contribution < 1.29 is 19.1 Å². The van der Waals surface area contributed by atoms with Crippen LogP contribution in [-0.2, 0) is 19.1 Å². The summed E-state index contributed by atoms with van der Waals surface area (Å²) in [7, 11) is 1.63. The summed E-state index contributed by atoms with van der Waals surface area (Å²) in [6, 6.07) is 0. The average molecular weight is 284 g/mol. The molecule has 1 aliphatic carbocycles. The third-order valence-electron chi connectivity index (χ3n) is 4.01. The molecule has 1 N–H and O–H groups in total. The lowest BCUT2D eigenvalue weighted by atomic mass is 9.91. The molecule has 6 heteroatoms. The highest BCUT2D eigenvalue weighted by molar-refractivity contribution is 5.98. The second kappa shape index (κ2) is 6.54. The number of methoxy groups -OCH3 is 1. The minimum Gasteiger partial charge on any atom is -0.382 e. The van der Waals surface area contributed by atoms with Gasteiger partial charge in [-0.1, -0.05) is 0 Å². The molecule has 1 saturated carbocycles. The van der Waals surface area contributed by atoms with E-state index in [0.717, 1.165) is 19.3 Å². The molecule has 20 heavy (non-hydrogen) atoms. The van der Waals surface area contributed by atoms with Gasteiger partial charge in [-0.05, 0) is 32.1 Å². The van der Waals surface area contributed by atoms with E-state index >= 15 is 0 Å². The number of carbonyl (C=O) groups excluding carboxylic acids is 2. The maximum Gasteiger partial charge on any atom is 0.248 e. The largest absolute Gasteiger partial charge is 0.382 e. The van der Waals surface area contributed by atoms with Crippen LogP contribution in [0.5, 0.6) is 0 Å². The quantitative estimate of drug-likeness (QED) is 0.645. The molecule has 2 amide bonds. The predicted molar refractivity (Wildman–Crippen MR) is 73.2 cm³/mol. The second-order valence-electron chi connectivity index (χ2n) is 5.71. The summed E-state index contributed by atoms with van der Waals surface area (Å²) in [5.41, 5.74) is -0.688. The SMILES string of the molecule is COCCOCCCN1CC(=O)NC(C)(C2CC2)C1=O. The van der Waals surface area contributed by atoms with Crippen LogP contribution in [0.15, 0.2) is 0 Å². The summed E-state index contributed by atoms with van der Waals surface area (Å²) in [5.74, 6) is 0.301. The Kier molecular flexibility index (Phi) is 4.99. The van der Waals surface area contributed by atoms with Gasteiger partial charge in [0, 0.05) is 20.3 Å². The summed E-state index contributed by atoms with van der Waals surface area (Å²) in [5, 5.41) is 2.87. The van der Waals surface area contributed by atoms with Crippen molar-refractivity contribution in [2.75, 3.05) is 40.0 Å². The first-order valence-corrected chi connectivity index (χ1v) is 7.25. The zero-order chi connectivity index (χ0) is 14.6. The molecule has 0 aromatic rings. The van der Waals surface area contributed by atoms with Gasteiger partial charge < -0.3 is 19.7 Å². The molecule has 0 spiro atoms. The fourth-order valence-electron chi connectivity index (χ4n) is 2.68. The standard InChI is InChI=1S/C14H24N2O4/c1-14(11-4-5-11)13(18)16(10-12(17)15-14)6-3-7-20-9-8-19-2/h11H,3-10H2,1-2H3,(H,15,17). The van der Waals surface area contributed by atoms with E-state index < -0.39 is 5.54 Å². The van der Waals surface area contributed by atoms with Crippen molar-refractivity contribution in [2.45, 2.75) is 31.7 Å². The van der Waals surface area contributed by atoms with Gasteiger partial charge in [0.1, 0.15) is 5.54 Å². The van der Waals surface area contributed by atoms with Crippen LogP contribution in [0, 0.1) is 5.92 Å². The number of nitrogens with zero attached hydrogens (tertiary/aromatic N) is 1. The zero-order valence-electron chi connectivity index (χ0n) is 12.3. The molecule has 1 aliphatic heterocycles. The third kappa shape index (κ3) is 3.49. The molecule has 2 aliphatic rings. The first kappa shape index (κ1) is 15.3. The van der Waals surface area contributed by atoms with E-state index in [2.05, 4.69) is 5.32 Å². The Bertz CT molecular complexity index is 370. The number of hydrogen-bond donors (Lipinski definition) is 1. The molecule has 0 bridgehead atoms. The second-order valence-corrected chi connectivity index (χ2v) is 5.71. The van der Waals surface area contributed by atoms with E-state index in [4.69, 9.17) is 9.47 Å². The van der Waals surface area contributed by atoms with Crippen LogP contribution < -0.4 is 5.32 Å². The maximum absolute atomic E-state index is 12.5. The molecule has 114 valence electrons. The van der Waals surface area contributed by atoms with Crippen LogP contribution in [0.2, 0.25) is 0 Å². The van der Waals surface area contributed by atoms with Crippen molar-refractivity contribution in [2.24, 2.45) is 5.92 Å². The van der Waals surface area contributed by atoms with Gasteiger partial charge in [0.2, 0.25) is 11.8 Å². The highest BCUT2D eigenvalue weighted by atomic mass is 16.5. The lowest BCUT2D eigenvalue weighted by Gasteiger charge is -2.40. The summed E-state index contributed by atoms with van der Waals surface area (Å²) >= 11 is 0. The Balaban J connectivity index is 1.78. The van der Waals surface area contributed by atoms with Gasteiger partial charge in [0.05, 0.1) is 19.8 Å². The molecule has 0 aromatic heterocycles. The zero-order valence-corrected chi connectivity index (χ0v) is 12.3. The molecule has 1 unspecified atom stereocenters. The first-order chi connectivity index (χ1) is 9.58. The lowest BCUT2D eigenvalue weighted by Crippen LogP contribution is -2.66. The average Bonchev–Trinajstić information content (AvgIpc) is 3.23. The number of rotatable bonds is 8. The first-order valence-electron chi connectivity index (χ1n) is 7.25. The normalized spacial score (nSPS) is 26.8. The monoisotopic (exact) mass is 284 g/mol. The minimum absolute atomic E-state index is 0.0523. The predicted octanol–water partition coefficient (Wildman–Crippen LogP) is 0.167. The molecular weight excluding hydrogens is 260 g/mol. The highest BCUT2D eigenvalue weighted by Crippen LogP contribution is 2.41. The number of carbonyl (C=O) groups is 2. The van der Waals surface area contributed by atoms with Crippen molar-refractivity contribution >= 4 is 11.8 Å². The molecule has 0 radical (unpaired) electrons. The molecule has 1 saturated heterocycles. The Morgan fingerprint density at radius 2 is 2.05 bits per heavy atom. The van der Waals surface area contributed by atoms with Crippen LogP contribution in [0.1, 0.15) is 26.2 Å². The summed E-state index contributed by atoms with van der Waals surface area (Å²) in [6.45, 7) is 4.30. The minimum atomic E-state index is -0.688. The smallest absolute Gasteiger partial charge is 0.248 e.